The molecular weight excluding hydrogens is 384 g/mol. The fraction of sp³-hybridized carbons (Fsp3) is 0.857. The third-order valence-electron chi connectivity index (χ3n) is 5.54. The molecule has 0 aromatic heterocycles. The van der Waals surface area contributed by atoms with Gasteiger partial charge in [0.25, 0.3) is 5.91 Å². The molecule has 0 aromatic rings. The van der Waals surface area contributed by atoms with E-state index in [0.717, 1.165) is 19.5 Å². The molecule has 13 heteroatoms. The summed E-state index contributed by atoms with van der Waals surface area (Å²) in [5, 5.41) is 3.85. The first kappa shape index (κ1) is 18.8. The Morgan fingerprint density at radius 3 is 2.93 bits per heavy atom. The Kier molecular flexibility index (Phi) is 4.98. The molecule has 12 nitrogen and oxygen atoms in total. The van der Waals surface area contributed by atoms with Crippen LogP contribution in [-0.2, 0) is 29.1 Å². The Hall–Kier alpha value is -1.51. The average molecular weight is 406 g/mol. The molecule has 0 spiro atoms. The Morgan fingerprint density at radius 1 is 1.33 bits per heavy atom. The lowest BCUT2D eigenvalue weighted by atomic mass is 9.92. The van der Waals surface area contributed by atoms with E-state index in [1.165, 1.54) is 4.90 Å². The van der Waals surface area contributed by atoms with E-state index >= 15 is 0 Å². The maximum absolute atomic E-state index is 12.5. The van der Waals surface area contributed by atoms with Crippen molar-refractivity contribution < 1.29 is 36.4 Å². The van der Waals surface area contributed by atoms with E-state index in [1.807, 2.05) is 0 Å². The molecule has 0 saturated carbocycles. The molecule has 4 aliphatic rings. The summed E-state index contributed by atoms with van der Waals surface area (Å²) >= 11 is 0. The van der Waals surface area contributed by atoms with E-state index in [-0.39, 0.29) is 24.7 Å². The minimum Gasteiger partial charge on any atom is -0.374 e. The molecule has 0 aliphatic carbocycles. The Labute approximate surface area is 155 Å². The summed E-state index contributed by atoms with van der Waals surface area (Å²) in [7, 11) is -4.82. The van der Waals surface area contributed by atoms with Gasteiger partial charge in [-0.3, -0.25) is 14.2 Å². The predicted octanol–water partition coefficient (Wildman–Crippen LogP) is -1.59. The number of amides is 3. The van der Waals surface area contributed by atoms with Gasteiger partial charge in [-0.2, -0.15) is 13.5 Å². The van der Waals surface area contributed by atoms with Crippen molar-refractivity contribution in [1.29, 1.82) is 0 Å². The van der Waals surface area contributed by atoms with Gasteiger partial charge in [-0.05, 0) is 25.8 Å². The zero-order valence-electron chi connectivity index (χ0n) is 14.4. The minimum atomic E-state index is -4.82. The summed E-state index contributed by atoms with van der Waals surface area (Å²) in [4.78, 5) is 31.6. The zero-order chi connectivity index (χ0) is 19.2. The SMILES string of the molecule is O=C(NOC1COC2CNCCC21)C1CCC2CN1C(=O)N2OS(=O)(=O)O. The van der Waals surface area contributed by atoms with Crippen molar-refractivity contribution in [3.8, 4) is 0 Å². The minimum absolute atomic E-state index is 0.0717. The lowest BCUT2D eigenvalue weighted by Crippen LogP contribution is -2.51. The predicted molar refractivity (Wildman–Crippen MR) is 87.1 cm³/mol. The smallest absolute Gasteiger partial charge is 0.374 e. The van der Waals surface area contributed by atoms with Crippen molar-refractivity contribution >= 4 is 22.3 Å². The first-order valence-corrected chi connectivity index (χ1v) is 10.2. The van der Waals surface area contributed by atoms with Crippen LogP contribution >= 0.6 is 0 Å². The lowest BCUT2D eigenvalue weighted by Gasteiger charge is -2.30. The molecule has 4 rings (SSSR count). The topological polar surface area (TPSA) is 147 Å². The summed E-state index contributed by atoms with van der Waals surface area (Å²) in [6, 6.07) is -2.11. The highest BCUT2D eigenvalue weighted by atomic mass is 32.3. The Bertz CT molecular complexity index is 718. The molecule has 2 bridgehead atoms. The van der Waals surface area contributed by atoms with Gasteiger partial charge in [-0.1, -0.05) is 0 Å². The molecule has 5 unspecified atom stereocenters. The van der Waals surface area contributed by atoms with Crippen molar-refractivity contribution in [3.05, 3.63) is 0 Å². The van der Waals surface area contributed by atoms with Gasteiger partial charge >= 0.3 is 16.4 Å². The van der Waals surface area contributed by atoms with Crippen LogP contribution in [0.1, 0.15) is 19.3 Å². The van der Waals surface area contributed by atoms with Gasteiger partial charge in [0, 0.05) is 19.0 Å². The fourth-order valence-electron chi connectivity index (χ4n) is 4.23. The number of hydroxylamine groups is 3. The number of urea groups is 1. The molecule has 5 atom stereocenters. The van der Waals surface area contributed by atoms with Crippen LogP contribution in [-0.4, -0.2) is 85.4 Å². The molecule has 152 valence electrons. The summed E-state index contributed by atoms with van der Waals surface area (Å²) in [6.07, 6.45) is 1.41. The number of rotatable bonds is 5. The fourth-order valence-corrected chi connectivity index (χ4v) is 4.62. The molecule has 27 heavy (non-hydrogen) atoms. The molecule has 4 fully saturated rings. The van der Waals surface area contributed by atoms with Gasteiger partial charge < -0.3 is 15.0 Å². The highest BCUT2D eigenvalue weighted by molar-refractivity contribution is 7.80. The maximum atomic E-state index is 12.5. The zero-order valence-corrected chi connectivity index (χ0v) is 15.3. The second kappa shape index (κ2) is 7.14. The van der Waals surface area contributed by atoms with Crippen LogP contribution in [0.3, 0.4) is 0 Å². The average Bonchev–Trinajstić information content (AvgIpc) is 3.14. The first-order chi connectivity index (χ1) is 12.8. The van der Waals surface area contributed by atoms with Crippen molar-refractivity contribution in [2.75, 3.05) is 26.2 Å². The van der Waals surface area contributed by atoms with Crippen molar-refractivity contribution in [1.82, 2.24) is 20.8 Å². The van der Waals surface area contributed by atoms with Gasteiger partial charge in [0.1, 0.15) is 12.1 Å². The van der Waals surface area contributed by atoms with E-state index in [2.05, 4.69) is 15.1 Å². The number of carbonyl (C=O) groups excluding carboxylic acids is 2. The number of piperidine rings is 2. The number of fused-ring (bicyclic) bond motifs is 3. The van der Waals surface area contributed by atoms with Crippen molar-refractivity contribution in [2.45, 2.75) is 43.6 Å². The monoisotopic (exact) mass is 406 g/mol. The molecule has 3 N–H and O–H groups in total. The third kappa shape index (κ3) is 3.75. The molecule has 4 aliphatic heterocycles. The second-order valence-corrected chi connectivity index (χ2v) is 8.17. The van der Waals surface area contributed by atoms with Crippen LogP contribution in [0.4, 0.5) is 4.79 Å². The Morgan fingerprint density at radius 2 is 2.15 bits per heavy atom. The third-order valence-corrected chi connectivity index (χ3v) is 5.89. The molecular formula is C14H22N4O8S. The number of nitrogens with one attached hydrogen (secondary N) is 2. The van der Waals surface area contributed by atoms with Gasteiger partial charge in [-0.15, -0.1) is 4.28 Å². The normalized spacial score (nSPS) is 36.0. The van der Waals surface area contributed by atoms with Crippen LogP contribution < -0.4 is 10.8 Å². The van der Waals surface area contributed by atoms with E-state index < -0.39 is 34.4 Å². The van der Waals surface area contributed by atoms with Crippen LogP contribution in [0.15, 0.2) is 0 Å². The van der Waals surface area contributed by atoms with Gasteiger partial charge in [-0.25, -0.2) is 10.3 Å². The van der Waals surface area contributed by atoms with Crippen LogP contribution in [0.2, 0.25) is 0 Å². The van der Waals surface area contributed by atoms with E-state index in [1.54, 1.807) is 0 Å². The highest BCUT2D eigenvalue weighted by Crippen LogP contribution is 2.31. The molecule has 0 radical (unpaired) electrons. The number of ether oxygens (including phenoxy) is 1. The number of carbonyl (C=O) groups is 2. The summed E-state index contributed by atoms with van der Waals surface area (Å²) < 4.78 is 40.6. The molecule has 4 heterocycles. The van der Waals surface area contributed by atoms with Crippen molar-refractivity contribution in [2.24, 2.45) is 5.92 Å². The summed E-state index contributed by atoms with van der Waals surface area (Å²) in [5.41, 5.74) is 2.43. The quantitative estimate of drug-likeness (QED) is 0.363. The first-order valence-electron chi connectivity index (χ1n) is 8.88. The van der Waals surface area contributed by atoms with Gasteiger partial charge in [0.05, 0.1) is 18.8 Å². The lowest BCUT2D eigenvalue weighted by molar-refractivity contribution is -0.145. The summed E-state index contributed by atoms with van der Waals surface area (Å²) in [6.45, 7) is 2.15. The van der Waals surface area contributed by atoms with Crippen LogP contribution in [0.5, 0.6) is 0 Å². The van der Waals surface area contributed by atoms with E-state index in [9.17, 15) is 18.0 Å². The highest BCUT2D eigenvalue weighted by Gasteiger charge is 2.49. The van der Waals surface area contributed by atoms with Crippen LogP contribution in [0.25, 0.3) is 0 Å². The van der Waals surface area contributed by atoms with E-state index in [0.29, 0.717) is 24.5 Å². The number of nitrogens with zero attached hydrogens (tertiary/aromatic N) is 2. The number of hydrogen-bond donors (Lipinski definition) is 3. The largest absolute Gasteiger partial charge is 0.418 e. The second-order valence-electron chi connectivity index (χ2n) is 7.16. The van der Waals surface area contributed by atoms with Gasteiger partial charge in [0.15, 0.2) is 0 Å². The van der Waals surface area contributed by atoms with Crippen LogP contribution in [0, 0.1) is 5.92 Å². The summed E-state index contributed by atoms with van der Waals surface area (Å²) in [5.74, 6) is -0.276. The molecule has 3 amide bonds. The van der Waals surface area contributed by atoms with E-state index in [4.69, 9.17) is 14.1 Å². The Balaban J connectivity index is 1.34. The standard InChI is InChI=1S/C14H22N4O8S/c19-13(16-25-12-7-24-11-5-15-4-3-9(11)12)10-2-1-8-6-17(10)14(20)18(8)26-27(21,22)23/h8-12,15H,1-7H2,(H,16,19)(H,21,22,23). The van der Waals surface area contributed by atoms with Gasteiger partial charge in [0.2, 0.25) is 0 Å². The molecule has 0 aromatic carbocycles. The van der Waals surface area contributed by atoms with Crippen molar-refractivity contribution in [3.63, 3.8) is 0 Å². The maximum Gasteiger partial charge on any atom is 0.418 e. The number of hydrogen-bond acceptors (Lipinski definition) is 8. The molecule has 4 saturated heterocycles.